The Hall–Kier alpha value is -0.810. The monoisotopic (exact) mass is 343 g/mol. The van der Waals surface area contributed by atoms with Gasteiger partial charge in [0.15, 0.2) is 0 Å². The largest absolute Gasteiger partial charge is 0.489 e. The molecule has 1 amide bonds. The molecule has 0 aliphatic heterocycles. The standard InChI is InChI=1S/C11H9Cl4NO3/c12-8-3-6(19-2-1-10(14)15)4-9(13)7(8)5-16-11(17)18/h1,3-4,16H,2,5H2,(H,17,18). The van der Waals surface area contributed by atoms with Gasteiger partial charge in [0.25, 0.3) is 0 Å². The zero-order valence-electron chi connectivity index (χ0n) is 9.42. The Kier molecular flexibility index (Phi) is 6.58. The molecular formula is C11H9Cl4NO3. The van der Waals surface area contributed by atoms with Gasteiger partial charge >= 0.3 is 6.09 Å². The van der Waals surface area contributed by atoms with Crippen LogP contribution in [0, 0.1) is 0 Å². The molecule has 0 saturated carbocycles. The smallest absolute Gasteiger partial charge is 0.404 e. The highest BCUT2D eigenvalue weighted by Gasteiger charge is 2.10. The second-order valence-electron chi connectivity index (χ2n) is 3.33. The van der Waals surface area contributed by atoms with Gasteiger partial charge in [-0.15, -0.1) is 0 Å². The van der Waals surface area contributed by atoms with Crippen LogP contribution in [0.3, 0.4) is 0 Å². The van der Waals surface area contributed by atoms with Crippen molar-refractivity contribution in [3.63, 3.8) is 0 Å². The van der Waals surface area contributed by atoms with E-state index in [4.69, 9.17) is 56.2 Å². The van der Waals surface area contributed by atoms with Gasteiger partial charge in [0.1, 0.15) is 16.8 Å². The summed E-state index contributed by atoms with van der Waals surface area (Å²) in [5.41, 5.74) is 0.476. The van der Waals surface area contributed by atoms with Crippen LogP contribution in [0.5, 0.6) is 5.75 Å². The first kappa shape index (κ1) is 16.2. The fourth-order valence-electron chi connectivity index (χ4n) is 1.20. The van der Waals surface area contributed by atoms with Crippen molar-refractivity contribution in [3.8, 4) is 5.75 Å². The first-order valence-electron chi connectivity index (χ1n) is 4.99. The van der Waals surface area contributed by atoms with E-state index >= 15 is 0 Å². The number of halogens is 4. The molecule has 0 atom stereocenters. The van der Waals surface area contributed by atoms with Crippen LogP contribution in [0.4, 0.5) is 4.79 Å². The average Bonchev–Trinajstić information content (AvgIpc) is 2.26. The molecule has 0 bridgehead atoms. The number of nitrogens with one attached hydrogen (secondary N) is 1. The van der Waals surface area contributed by atoms with Crippen molar-refractivity contribution >= 4 is 52.5 Å². The quantitative estimate of drug-likeness (QED) is 0.829. The number of hydrogen-bond acceptors (Lipinski definition) is 2. The van der Waals surface area contributed by atoms with Crippen LogP contribution in [0.15, 0.2) is 22.7 Å². The van der Waals surface area contributed by atoms with Crippen LogP contribution in [-0.4, -0.2) is 17.8 Å². The molecule has 2 N–H and O–H groups in total. The molecule has 0 aliphatic rings. The summed E-state index contributed by atoms with van der Waals surface area (Å²) >= 11 is 22.9. The van der Waals surface area contributed by atoms with E-state index in [9.17, 15) is 4.79 Å². The van der Waals surface area contributed by atoms with Gasteiger partial charge in [-0.05, 0) is 18.2 Å². The highest BCUT2D eigenvalue weighted by molar-refractivity contribution is 6.55. The third-order valence-electron chi connectivity index (χ3n) is 2.02. The highest BCUT2D eigenvalue weighted by Crippen LogP contribution is 2.30. The van der Waals surface area contributed by atoms with Crippen LogP contribution in [0.1, 0.15) is 5.56 Å². The Balaban J connectivity index is 2.78. The molecule has 4 nitrogen and oxygen atoms in total. The second kappa shape index (κ2) is 7.70. The van der Waals surface area contributed by atoms with Crippen LogP contribution in [0.2, 0.25) is 10.0 Å². The van der Waals surface area contributed by atoms with Crippen LogP contribution in [0.25, 0.3) is 0 Å². The molecule has 8 heteroatoms. The Morgan fingerprint density at radius 1 is 1.32 bits per heavy atom. The van der Waals surface area contributed by atoms with E-state index in [0.717, 1.165) is 0 Å². The summed E-state index contributed by atoms with van der Waals surface area (Å²) in [5.74, 6) is 0.430. The summed E-state index contributed by atoms with van der Waals surface area (Å²) in [5, 5.41) is 11.3. The van der Waals surface area contributed by atoms with Gasteiger partial charge in [0, 0.05) is 12.1 Å². The van der Waals surface area contributed by atoms with Gasteiger partial charge in [0.05, 0.1) is 10.0 Å². The maximum atomic E-state index is 10.4. The predicted molar refractivity (Wildman–Crippen MR) is 76.6 cm³/mol. The lowest BCUT2D eigenvalue weighted by Crippen LogP contribution is -2.20. The lowest BCUT2D eigenvalue weighted by molar-refractivity contribution is 0.194. The number of carbonyl (C=O) groups is 1. The minimum Gasteiger partial charge on any atom is -0.489 e. The van der Waals surface area contributed by atoms with Crippen molar-refractivity contribution in [3.05, 3.63) is 38.3 Å². The molecule has 1 aromatic rings. The molecule has 0 aliphatic carbocycles. The lowest BCUT2D eigenvalue weighted by Gasteiger charge is -2.10. The zero-order chi connectivity index (χ0) is 14.4. The van der Waals surface area contributed by atoms with Crippen molar-refractivity contribution in [1.82, 2.24) is 5.32 Å². The van der Waals surface area contributed by atoms with Crippen LogP contribution < -0.4 is 10.1 Å². The topological polar surface area (TPSA) is 58.6 Å². The number of amides is 1. The maximum absolute atomic E-state index is 10.4. The van der Waals surface area contributed by atoms with E-state index in [2.05, 4.69) is 5.32 Å². The average molecular weight is 345 g/mol. The highest BCUT2D eigenvalue weighted by atomic mass is 35.5. The first-order chi connectivity index (χ1) is 8.90. The van der Waals surface area contributed by atoms with E-state index < -0.39 is 6.09 Å². The molecule has 0 spiro atoms. The molecule has 0 heterocycles. The van der Waals surface area contributed by atoms with Crippen molar-refractivity contribution in [1.29, 1.82) is 0 Å². The van der Waals surface area contributed by atoms with Crippen molar-refractivity contribution < 1.29 is 14.6 Å². The van der Waals surface area contributed by atoms with E-state index in [-0.39, 0.29) is 17.6 Å². The summed E-state index contributed by atoms with van der Waals surface area (Å²) in [6, 6.07) is 3.06. The molecule has 0 unspecified atom stereocenters. The summed E-state index contributed by atoms with van der Waals surface area (Å²) in [6.07, 6.45) is 0.305. The van der Waals surface area contributed by atoms with Gasteiger partial charge < -0.3 is 15.2 Å². The van der Waals surface area contributed by atoms with E-state index in [1.807, 2.05) is 0 Å². The predicted octanol–water partition coefficient (Wildman–Crippen LogP) is 4.46. The van der Waals surface area contributed by atoms with E-state index in [1.165, 1.54) is 18.2 Å². The first-order valence-corrected chi connectivity index (χ1v) is 6.50. The third-order valence-corrected chi connectivity index (χ3v) is 3.00. The lowest BCUT2D eigenvalue weighted by atomic mass is 10.2. The fraction of sp³-hybridized carbons (Fsp3) is 0.182. The molecule has 1 aromatic carbocycles. The molecular weight excluding hydrogens is 336 g/mol. The van der Waals surface area contributed by atoms with Crippen molar-refractivity contribution in [2.75, 3.05) is 6.61 Å². The van der Waals surface area contributed by atoms with Gasteiger partial charge in [-0.25, -0.2) is 4.79 Å². The third kappa shape index (κ3) is 5.78. The number of benzene rings is 1. The number of ether oxygens (including phenoxy) is 1. The van der Waals surface area contributed by atoms with Gasteiger partial charge in [0.2, 0.25) is 0 Å². The molecule has 0 radical (unpaired) electrons. The SMILES string of the molecule is O=C(O)NCc1c(Cl)cc(OCC=C(Cl)Cl)cc1Cl. The summed E-state index contributed by atoms with van der Waals surface area (Å²) in [6.45, 7) is 0.183. The molecule has 0 aromatic heterocycles. The minimum atomic E-state index is -1.16. The van der Waals surface area contributed by atoms with E-state index in [1.54, 1.807) is 0 Å². The summed E-state index contributed by atoms with van der Waals surface area (Å²) < 4.78 is 5.40. The summed E-state index contributed by atoms with van der Waals surface area (Å²) in [7, 11) is 0. The fourth-order valence-corrected chi connectivity index (χ4v) is 1.92. The van der Waals surface area contributed by atoms with Gasteiger partial charge in [-0.1, -0.05) is 46.4 Å². The molecule has 19 heavy (non-hydrogen) atoms. The molecule has 0 saturated heterocycles. The summed E-state index contributed by atoms with van der Waals surface area (Å²) in [4.78, 5) is 10.4. The van der Waals surface area contributed by atoms with Gasteiger partial charge in [-0.2, -0.15) is 0 Å². The maximum Gasteiger partial charge on any atom is 0.404 e. The number of rotatable bonds is 5. The van der Waals surface area contributed by atoms with Gasteiger partial charge in [-0.3, -0.25) is 0 Å². The van der Waals surface area contributed by atoms with Crippen LogP contribution in [-0.2, 0) is 6.54 Å². The van der Waals surface area contributed by atoms with Crippen molar-refractivity contribution in [2.45, 2.75) is 6.54 Å². The number of hydrogen-bond donors (Lipinski definition) is 2. The van der Waals surface area contributed by atoms with E-state index in [0.29, 0.717) is 21.4 Å². The Labute approximate surface area is 129 Å². The Morgan fingerprint density at radius 3 is 2.37 bits per heavy atom. The Morgan fingerprint density at radius 2 is 1.89 bits per heavy atom. The molecule has 1 rings (SSSR count). The normalized spacial score (nSPS) is 9.89. The molecule has 104 valence electrons. The minimum absolute atomic E-state index is 0.0146. The zero-order valence-corrected chi connectivity index (χ0v) is 12.4. The second-order valence-corrected chi connectivity index (χ2v) is 5.15. The number of carboxylic acid groups (broad SMARTS) is 1. The van der Waals surface area contributed by atoms with Crippen molar-refractivity contribution in [2.24, 2.45) is 0 Å². The molecule has 0 fully saturated rings. The Bertz CT molecular complexity index is 478. The van der Waals surface area contributed by atoms with Crippen LogP contribution >= 0.6 is 46.4 Å².